The normalized spacial score (nSPS) is 11.7. The molecule has 2 heterocycles. The molecule has 0 saturated carbocycles. The van der Waals surface area contributed by atoms with Crippen LogP contribution < -0.4 is 11.1 Å². The Bertz CT molecular complexity index is 936. The molecule has 3 aromatic rings. The van der Waals surface area contributed by atoms with Gasteiger partial charge in [-0.3, -0.25) is 4.79 Å². The van der Waals surface area contributed by atoms with Crippen molar-refractivity contribution in [1.29, 1.82) is 0 Å². The van der Waals surface area contributed by atoms with Gasteiger partial charge in [-0.25, -0.2) is 4.98 Å². The summed E-state index contributed by atoms with van der Waals surface area (Å²) in [5.74, 6) is -0.481. The Labute approximate surface area is 149 Å². The van der Waals surface area contributed by atoms with Gasteiger partial charge in [0.1, 0.15) is 9.71 Å². The number of carbonyl (C=O) groups excluding carboxylic acids is 1. The van der Waals surface area contributed by atoms with Crippen molar-refractivity contribution >= 4 is 50.6 Å². The van der Waals surface area contributed by atoms with Crippen molar-refractivity contribution in [3.8, 4) is 0 Å². The van der Waals surface area contributed by atoms with Gasteiger partial charge in [0.25, 0.3) is 5.91 Å². The molecule has 0 radical (unpaired) electrons. The van der Waals surface area contributed by atoms with E-state index in [9.17, 15) is 18.0 Å². The van der Waals surface area contributed by atoms with Gasteiger partial charge in [0.15, 0.2) is 0 Å². The highest BCUT2D eigenvalue weighted by atomic mass is 32.2. The summed E-state index contributed by atoms with van der Waals surface area (Å²) < 4.78 is 38.4. The van der Waals surface area contributed by atoms with Crippen LogP contribution in [0, 0.1) is 0 Å². The number of nitrogens with two attached hydrogens (primary N) is 1. The van der Waals surface area contributed by atoms with Crippen molar-refractivity contribution in [3.63, 3.8) is 0 Å². The number of alkyl halides is 3. The number of anilines is 2. The number of nitrogens with one attached hydrogen (secondary N) is 1. The van der Waals surface area contributed by atoms with Gasteiger partial charge >= 0.3 is 6.18 Å². The van der Waals surface area contributed by atoms with Gasteiger partial charge in [-0.15, -0.1) is 23.1 Å². The predicted molar refractivity (Wildman–Crippen MR) is 95.2 cm³/mol. The summed E-state index contributed by atoms with van der Waals surface area (Å²) in [5.41, 5.74) is 5.56. The SMILES string of the molecule is CSc1ccc(NC(=O)c2sc3ncc(C(F)(F)F)cc3c2N)cc1. The molecule has 0 aliphatic heterocycles. The molecule has 130 valence electrons. The molecule has 2 aromatic heterocycles. The molecule has 0 aliphatic carbocycles. The zero-order valence-corrected chi connectivity index (χ0v) is 14.5. The summed E-state index contributed by atoms with van der Waals surface area (Å²) in [7, 11) is 0. The number of nitrogen functional groups attached to an aromatic ring is 1. The number of nitrogens with zero attached hydrogens (tertiary/aromatic N) is 1. The Kier molecular flexibility index (Phi) is 4.61. The number of rotatable bonds is 3. The predicted octanol–water partition coefficient (Wildman–Crippen LogP) is 4.87. The van der Waals surface area contributed by atoms with Crippen LogP contribution >= 0.6 is 23.1 Å². The maximum absolute atomic E-state index is 12.8. The molecule has 0 fully saturated rings. The third-order valence-electron chi connectivity index (χ3n) is 3.47. The molecule has 25 heavy (non-hydrogen) atoms. The zero-order valence-electron chi connectivity index (χ0n) is 12.8. The van der Waals surface area contributed by atoms with Gasteiger partial charge in [0, 0.05) is 22.2 Å². The van der Waals surface area contributed by atoms with Crippen LogP contribution in [0.25, 0.3) is 10.2 Å². The number of aromatic nitrogens is 1. The molecule has 0 atom stereocenters. The largest absolute Gasteiger partial charge is 0.417 e. The average Bonchev–Trinajstić information content (AvgIpc) is 2.91. The first-order chi connectivity index (χ1) is 11.8. The summed E-state index contributed by atoms with van der Waals surface area (Å²) in [5, 5.41) is 2.82. The van der Waals surface area contributed by atoms with Crippen molar-refractivity contribution in [2.24, 2.45) is 0 Å². The minimum absolute atomic E-state index is 0.00293. The number of hydrogen-bond donors (Lipinski definition) is 2. The second kappa shape index (κ2) is 6.57. The molecular formula is C16H12F3N3OS2. The molecule has 0 unspecified atom stereocenters. The van der Waals surface area contributed by atoms with E-state index >= 15 is 0 Å². The van der Waals surface area contributed by atoms with Crippen LogP contribution in [-0.2, 0) is 6.18 Å². The second-order valence-corrected chi connectivity index (χ2v) is 6.98. The third-order valence-corrected chi connectivity index (χ3v) is 5.34. The average molecular weight is 383 g/mol. The van der Waals surface area contributed by atoms with Gasteiger partial charge in [-0.1, -0.05) is 0 Å². The third kappa shape index (κ3) is 3.57. The lowest BCUT2D eigenvalue weighted by Gasteiger charge is -2.06. The van der Waals surface area contributed by atoms with E-state index in [1.54, 1.807) is 23.9 Å². The Balaban J connectivity index is 1.92. The topological polar surface area (TPSA) is 68.0 Å². The highest BCUT2D eigenvalue weighted by molar-refractivity contribution is 7.98. The fourth-order valence-corrected chi connectivity index (χ4v) is 3.54. The van der Waals surface area contributed by atoms with Crippen molar-refractivity contribution < 1.29 is 18.0 Å². The fourth-order valence-electron chi connectivity index (χ4n) is 2.19. The van der Waals surface area contributed by atoms with Gasteiger partial charge in [0.05, 0.1) is 11.3 Å². The molecule has 0 aliphatic rings. The van der Waals surface area contributed by atoms with Crippen LogP contribution in [0.4, 0.5) is 24.5 Å². The quantitative estimate of drug-likeness (QED) is 0.633. The highest BCUT2D eigenvalue weighted by Crippen LogP contribution is 2.37. The summed E-state index contributed by atoms with van der Waals surface area (Å²) in [6.45, 7) is 0. The van der Waals surface area contributed by atoms with Gasteiger partial charge in [-0.2, -0.15) is 13.2 Å². The van der Waals surface area contributed by atoms with Gasteiger partial charge in [0.2, 0.25) is 0 Å². The molecule has 0 bridgehead atoms. The molecule has 3 rings (SSSR count). The highest BCUT2D eigenvalue weighted by Gasteiger charge is 2.32. The van der Waals surface area contributed by atoms with Crippen LogP contribution in [0.3, 0.4) is 0 Å². The van der Waals surface area contributed by atoms with E-state index in [1.807, 2.05) is 18.4 Å². The summed E-state index contributed by atoms with van der Waals surface area (Å²) in [4.78, 5) is 17.6. The second-order valence-electron chi connectivity index (χ2n) is 5.10. The van der Waals surface area contributed by atoms with E-state index in [1.165, 1.54) is 0 Å². The number of halogens is 3. The van der Waals surface area contributed by atoms with Crippen LogP contribution in [0.1, 0.15) is 15.2 Å². The van der Waals surface area contributed by atoms with Crippen LogP contribution in [-0.4, -0.2) is 17.1 Å². The Morgan fingerprint density at radius 1 is 1.28 bits per heavy atom. The number of amides is 1. The summed E-state index contributed by atoms with van der Waals surface area (Å²) in [6, 6.07) is 8.11. The molecular weight excluding hydrogens is 371 g/mol. The smallest absolute Gasteiger partial charge is 0.397 e. The number of hydrogen-bond acceptors (Lipinski definition) is 5. The van der Waals surface area contributed by atoms with Crippen molar-refractivity contribution in [1.82, 2.24) is 4.98 Å². The lowest BCUT2D eigenvalue weighted by Crippen LogP contribution is -2.11. The molecule has 4 nitrogen and oxygen atoms in total. The Morgan fingerprint density at radius 3 is 2.56 bits per heavy atom. The number of thioether (sulfide) groups is 1. The Hall–Kier alpha value is -2.26. The summed E-state index contributed by atoms with van der Waals surface area (Å²) in [6.07, 6.45) is -1.84. The first-order valence-electron chi connectivity index (χ1n) is 7.00. The fraction of sp³-hybridized carbons (Fsp3) is 0.125. The lowest BCUT2D eigenvalue weighted by atomic mass is 10.2. The number of thiophene rings is 1. The maximum Gasteiger partial charge on any atom is 0.417 e. The van der Waals surface area contributed by atoms with E-state index < -0.39 is 17.6 Å². The van der Waals surface area contributed by atoms with Crippen LogP contribution in [0.15, 0.2) is 41.4 Å². The lowest BCUT2D eigenvalue weighted by molar-refractivity contribution is -0.137. The summed E-state index contributed by atoms with van der Waals surface area (Å²) >= 11 is 2.53. The van der Waals surface area contributed by atoms with Crippen LogP contribution in [0.5, 0.6) is 0 Å². The van der Waals surface area contributed by atoms with E-state index in [2.05, 4.69) is 10.3 Å². The molecule has 1 amide bonds. The van der Waals surface area contributed by atoms with E-state index in [-0.39, 0.29) is 20.8 Å². The number of carbonyl (C=O) groups is 1. The van der Waals surface area contributed by atoms with E-state index in [0.717, 1.165) is 28.5 Å². The Morgan fingerprint density at radius 2 is 1.96 bits per heavy atom. The van der Waals surface area contributed by atoms with Crippen LogP contribution in [0.2, 0.25) is 0 Å². The first-order valence-corrected chi connectivity index (χ1v) is 9.04. The maximum atomic E-state index is 12.8. The number of benzene rings is 1. The van der Waals surface area contributed by atoms with Gasteiger partial charge < -0.3 is 11.1 Å². The number of pyridine rings is 1. The van der Waals surface area contributed by atoms with Crippen molar-refractivity contribution in [2.45, 2.75) is 11.1 Å². The molecule has 0 saturated heterocycles. The minimum atomic E-state index is -4.52. The number of fused-ring (bicyclic) bond motifs is 1. The van der Waals surface area contributed by atoms with E-state index in [4.69, 9.17) is 5.73 Å². The first kappa shape index (κ1) is 17.6. The molecule has 9 heteroatoms. The monoisotopic (exact) mass is 383 g/mol. The van der Waals surface area contributed by atoms with Crippen molar-refractivity contribution in [3.05, 3.63) is 47.0 Å². The molecule has 0 spiro atoms. The standard InChI is InChI=1S/C16H12F3N3OS2/c1-24-10-4-2-9(3-5-10)22-14(23)13-12(20)11-6-8(16(17,18)19)7-21-15(11)25-13/h2-7H,20H2,1H3,(H,22,23). The molecule has 1 aromatic carbocycles. The van der Waals surface area contributed by atoms with Crippen molar-refractivity contribution in [2.75, 3.05) is 17.3 Å². The minimum Gasteiger partial charge on any atom is -0.397 e. The zero-order chi connectivity index (χ0) is 18.2. The van der Waals surface area contributed by atoms with Gasteiger partial charge in [-0.05, 0) is 36.6 Å². The van der Waals surface area contributed by atoms with E-state index in [0.29, 0.717) is 5.69 Å². The molecule has 3 N–H and O–H groups in total.